The molecular formula is C14H25N3O. The first-order valence-electron chi connectivity index (χ1n) is 6.67. The van der Waals surface area contributed by atoms with E-state index in [2.05, 4.69) is 23.8 Å². The van der Waals surface area contributed by atoms with E-state index in [0.717, 1.165) is 25.1 Å². The predicted octanol–water partition coefficient (Wildman–Crippen LogP) is 2.04. The average Bonchev–Trinajstić information content (AvgIpc) is 2.73. The topological polar surface area (TPSA) is 38.1 Å². The van der Waals surface area contributed by atoms with Crippen LogP contribution in [0.3, 0.4) is 0 Å². The number of likely N-dealkylation sites (N-methyl/N-ethyl adjacent to an activating group) is 1. The molecule has 0 spiro atoms. The number of Topliss-reactive ketones (excluding diaryl/α,β-unsaturated/α-hetero) is 1. The first-order valence-corrected chi connectivity index (χ1v) is 6.67. The fourth-order valence-electron chi connectivity index (χ4n) is 2.36. The summed E-state index contributed by atoms with van der Waals surface area (Å²) in [5.74, 6) is 0.301. The number of rotatable bonds is 7. The van der Waals surface area contributed by atoms with Crippen LogP contribution in [-0.2, 0) is 18.3 Å². The Hall–Kier alpha value is -1.16. The van der Waals surface area contributed by atoms with Gasteiger partial charge in [-0.2, -0.15) is 5.10 Å². The minimum atomic E-state index is -0.369. The van der Waals surface area contributed by atoms with Gasteiger partial charge in [-0.05, 0) is 38.9 Å². The Morgan fingerprint density at radius 3 is 2.44 bits per heavy atom. The quantitative estimate of drug-likeness (QED) is 0.744. The molecular weight excluding hydrogens is 226 g/mol. The van der Waals surface area contributed by atoms with Crippen molar-refractivity contribution in [3.63, 3.8) is 0 Å². The fourth-order valence-corrected chi connectivity index (χ4v) is 2.36. The summed E-state index contributed by atoms with van der Waals surface area (Å²) in [7, 11) is 1.89. The zero-order valence-electron chi connectivity index (χ0n) is 12.2. The smallest absolute Gasteiger partial charge is 0.152 e. The molecule has 4 heteroatoms. The van der Waals surface area contributed by atoms with Crippen LogP contribution in [-0.4, -0.2) is 39.1 Å². The van der Waals surface area contributed by atoms with Crippen LogP contribution in [0, 0.1) is 0 Å². The molecule has 1 rings (SSSR count). The van der Waals surface area contributed by atoms with Crippen LogP contribution in [0.5, 0.6) is 0 Å². The molecule has 0 saturated carbocycles. The van der Waals surface area contributed by atoms with Gasteiger partial charge in [0.25, 0.3) is 0 Å². The molecule has 0 N–H and O–H groups in total. The van der Waals surface area contributed by atoms with Gasteiger partial charge in [0.05, 0.1) is 11.7 Å². The van der Waals surface area contributed by atoms with Crippen LogP contribution < -0.4 is 0 Å². The lowest BCUT2D eigenvalue weighted by atomic mass is 9.92. The zero-order valence-corrected chi connectivity index (χ0v) is 12.2. The summed E-state index contributed by atoms with van der Waals surface area (Å²) >= 11 is 0. The highest BCUT2D eigenvalue weighted by atomic mass is 16.1. The standard InChI is InChI=1S/C14H25N3O/c1-6-17(7-2)14(3,4)13(18)9-8-12-10-15-16(5)11-12/h10-11H,6-9H2,1-5H3. The molecule has 1 aromatic heterocycles. The summed E-state index contributed by atoms with van der Waals surface area (Å²) in [4.78, 5) is 14.5. The van der Waals surface area contributed by atoms with Crippen LogP contribution >= 0.6 is 0 Å². The highest BCUT2D eigenvalue weighted by molar-refractivity contribution is 5.87. The molecule has 0 radical (unpaired) electrons. The SMILES string of the molecule is CCN(CC)C(C)(C)C(=O)CCc1cnn(C)c1. The number of hydrogen-bond donors (Lipinski definition) is 0. The second-order valence-corrected chi connectivity index (χ2v) is 5.18. The third-order valence-electron chi connectivity index (χ3n) is 3.64. The van der Waals surface area contributed by atoms with Crippen LogP contribution in [0.25, 0.3) is 0 Å². The third kappa shape index (κ3) is 3.42. The summed E-state index contributed by atoms with van der Waals surface area (Å²) in [6.07, 6.45) is 5.15. The summed E-state index contributed by atoms with van der Waals surface area (Å²) in [5, 5.41) is 4.12. The number of hydrogen-bond acceptors (Lipinski definition) is 3. The molecule has 0 aliphatic rings. The normalized spacial score (nSPS) is 12.1. The van der Waals surface area contributed by atoms with E-state index in [1.54, 1.807) is 4.68 Å². The molecule has 1 heterocycles. The summed E-state index contributed by atoms with van der Waals surface area (Å²) < 4.78 is 1.77. The summed E-state index contributed by atoms with van der Waals surface area (Å²) in [6, 6.07) is 0. The molecule has 0 unspecified atom stereocenters. The lowest BCUT2D eigenvalue weighted by Crippen LogP contribution is -2.50. The van der Waals surface area contributed by atoms with E-state index in [4.69, 9.17) is 0 Å². The molecule has 0 aromatic carbocycles. The maximum absolute atomic E-state index is 12.3. The molecule has 0 saturated heterocycles. The third-order valence-corrected chi connectivity index (χ3v) is 3.64. The molecule has 0 atom stereocenters. The largest absolute Gasteiger partial charge is 0.298 e. The van der Waals surface area contributed by atoms with Crippen molar-refractivity contribution in [3.8, 4) is 0 Å². The number of aryl methyl sites for hydroxylation is 2. The van der Waals surface area contributed by atoms with Crippen molar-refractivity contribution in [2.24, 2.45) is 7.05 Å². The average molecular weight is 251 g/mol. The van der Waals surface area contributed by atoms with Gasteiger partial charge in [-0.1, -0.05) is 13.8 Å². The number of ketones is 1. The van der Waals surface area contributed by atoms with Gasteiger partial charge in [0.15, 0.2) is 5.78 Å². The molecule has 0 fully saturated rings. The molecule has 0 aliphatic carbocycles. The van der Waals surface area contributed by atoms with E-state index in [1.165, 1.54) is 0 Å². The van der Waals surface area contributed by atoms with E-state index in [0.29, 0.717) is 12.2 Å². The van der Waals surface area contributed by atoms with Crippen molar-refractivity contribution >= 4 is 5.78 Å². The van der Waals surface area contributed by atoms with Crippen LogP contribution in [0.15, 0.2) is 12.4 Å². The maximum Gasteiger partial charge on any atom is 0.152 e. The first-order chi connectivity index (χ1) is 8.41. The Morgan fingerprint density at radius 1 is 1.39 bits per heavy atom. The highest BCUT2D eigenvalue weighted by Crippen LogP contribution is 2.18. The van der Waals surface area contributed by atoms with E-state index < -0.39 is 0 Å². The number of aromatic nitrogens is 2. The minimum Gasteiger partial charge on any atom is -0.298 e. The fraction of sp³-hybridized carbons (Fsp3) is 0.714. The van der Waals surface area contributed by atoms with Crippen molar-refractivity contribution in [1.29, 1.82) is 0 Å². The van der Waals surface area contributed by atoms with Gasteiger partial charge in [-0.15, -0.1) is 0 Å². The van der Waals surface area contributed by atoms with Gasteiger partial charge >= 0.3 is 0 Å². The first kappa shape index (κ1) is 14.9. The second-order valence-electron chi connectivity index (χ2n) is 5.18. The van der Waals surface area contributed by atoms with E-state index in [1.807, 2.05) is 33.3 Å². The molecule has 0 aliphatic heterocycles. The lowest BCUT2D eigenvalue weighted by Gasteiger charge is -2.35. The van der Waals surface area contributed by atoms with Gasteiger partial charge < -0.3 is 0 Å². The highest BCUT2D eigenvalue weighted by Gasteiger charge is 2.31. The van der Waals surface area contributed by atoms with E-state index in [9.17, 15) is 4.79 Å². The summed E-state index contributed by atoms with van der Waals surface area (Å²) in [5.41, 5.74) is 0.757. The number of carbonyl (C=O) groups excluding carboxylic acids is 1. The van der Waals surface area contributed by atoms with Crippen molar-refractivity contribution in [3.05, 3.63) is 18.0 Å². The van der Waals surface area contributed by atoms with Gasteiger partial charge in [0.1, 0.15) is 0 Å². The predicted molar refractivity (Wildman–Crippen MR) is 73.5 cm³/mol. The van der Waals surface area contributed by atoms with Crippen LogP contribution in [0.2, 0.25) is 0 Å². The Bertz CT molecular complexity index is 391. The Kier molecular flexibility index (Phi) is 5.08. The molecule has 0 bridgehead atoms. The minimum absolute atomic E-state index is 0.301. The van der Waals surface area contributed by atoms with E-state index >= 15 is 0 Å². The van der Waals surface area contributed by atoms with Crippen LogP contribution in [0.1, 0.15) is 39.7 Å². The monoisotopic (exact) mass is 251 g/mol. The van der Waals surface area contributed by atoms with Gasteiger partial charge in [-0.25, -0.2) is 0 Å². The number of carbonyl (C=O) groups is 1. The van der Waals surface area contributed by atoms with Gasteiger partial charge in [0, 0.05) is 19.7 Å². The van der Waals surface area contributed by atoms with Crippen molar-refractivity contribution in [1.82, 2.24) is 14.7 Å². The molecule has 0 amide bonds. The maximum atomic E-state index is 12.3. The Morgan fingerprint density at radius 2 is 2.00 bits per heavy atom. The molecule has 18 heavy (non-hydrogen) atoms. The van der Waals surface area contributed by atoms with Crippen molar-refractivity contribution < 1.29 is 4.79 Å². The second kappa shape index (κ2) is 6.14. The summed E-state index contributed by atoms with van der Waals surface area (Å²) in [6.45, 7) is 10.0. The van der Waals surface area contributed by atoms with Gasteiger partial charge in [-0.3, -0.25) is 14.4 Å². The van der Waals surface area contributed by atoms with Gasteiger partial charge in [0.2, 0.25) is 0 Å². The molecule has 102 valence electrons. The zero-order chi connectivity index (χ0) is 13.8. The lowest BCUT2D eigenvalue weighted by molar-refractivity contribution is -0.129. The molecule has 1 aromatic rings. The number of nitrogens with zero attached hydrogens (tertiary/aromatic N) is 3. The van der Waals surface area contributed by atoms with Crippen molar-refractivity contribution in [2.75, 3.05) is 13.1 Å². The van der Waals surface area contributed by atoms with Crippen LogP contribution in [0.4, 0.5) is 0 Å². The van der Waals surface area contributed by atoms with E-state index in [-0.39, 0.29) is 5.54 Å². The Balaban J connectivity index is 2.59. The Labute approximate surface area is 110 Å². The molecule has 4 nitrogen and oxygen atoms in total. The van der Waals surface area contributed by atoms with Crippen molar-refractivity contribution in [2.45, 2.75) is 46.1 Å².